The number of nitrogen functional groups attached to an aromatic ring is 1. The number of anilines is 1. The van der Waals surface area contributed by atoms with Gasteiger partial charge in [0.2, 0.25) is 0 Å². The summed E-state index contributed by atoms with van der Waals surface area (Å²) >= 11 is 0. The van der Waals surface area contributed by atoms with Crippen molar-refractivity contribution in [2.75, 3.05) is 5.73 Å². The second kappa shape index (κ2) is 11.0. The first kappa shape index (κ1) is 26.3. The molecule has 1 atom stereocenters. The lowest BCUT2D eigenvalue weighted by atomic mass is 9.80. The molecular weight excluding hydrogens is 508 g/mol. The zero-order chi connectivity index (χ0) is 28.6. The van der Waals surface area contributed by atoms with Gasteiger partial charge >= 0.3 is 0 Å². The van der Waals surface area contributed by atoms with Crippen LogP contribution in [-0.4, -0.2) is 0 Å². The number of rotatable bonds is 5. The molecule has 0 saturated carbocycles. The molecule has 0 aliphatic heterocycles. The van der Waals surface area contributed by atoms with Gasteiger partial charge < -0.3 is 11.5 Å². The Morgan fingerprint density at radius 1 is 0.667 bits per heavy atom. The number of hydrogen-bond acceptors (Lipinski definition) is 2. The Hall–Kier alpha value is -4.66. The van der Waals surface area contributed by atoms with E-state index in [1.807, 2.05) is 25.1 Å². The molecule has 2 aliphatic carbocycles. The highest BCUT2D eigenvalue weighted by atomic mass is 14.6. The molecule has 0 bridgehead atoms. The second-order valence-corrected chi connectivity index (χ2v) is 11.5. The molecule has 0 amide bonds. The molecular formula is C40H36N2. The van der Waals surface area contributed by atoms with Crippen molar-refractivity contribution in [3.63, 3.8) is 0 Å². The van der Waals surface area contributed by atoms with Gasteiger partial charge in [0.25, 0.3) is 0 Å². The molecule has 42 heavy (non-hydrogen) atoms. The summed E-state index contributed by atoms with van der Waals surface area (Å²) in [6, 6.07) is 30.1. The van der Waals surface area contributed by atoms with Gasteiger partial charge in [0, 0.05) is 11.3 Å². The Bertz CT molecular complexity index is 1890. The molecule has 5 aromatic rings. The van der Waals surface area contributed by atoms with Gasteiger partial charge in [0.15, 0.2) is 0 Å². The lowest BCUT2D eigenvalue weighted by Crippen LogP contribution is -2.11. The fourth-order valence-electron chi connectivity index (χ4n) is 6.76. The Morgan fingerprint density at radius 2 is 1.31 bits per heavy atom. The molecule has 2 nitrogen and oxygen atoms in total. The fourth-order valence-corrected chi connectivity index (χ4v) is 6.76. The third-order valence-corrected chi connectivity index (χ3v) is 8.94. The predicted molar refractivity (Wildman–Crippen MR) is 181 cm³/mol. The maximum absolute atomic E-state index is 6.80. The van der Waals surface area contributed by atoms with Crippen LogP contribution < -0.4 is 11.5 Å². The van der Waals surface area contributed by atoms with E-state index in [0.717, 1.165) is 59.2 Å². The van der Waals surface area contributed by atoms with Crippen LogP contribution in [0.2, 0.25) is 0 Å². The first-order valence-electron chi connectivity index (χ1n) is 15.0. The predicted octanol–water partition coefficient (Wildman–Crippen LogP) is 9.76. The van der Waals surface area contributed by atoms with E-state index >= 15 is 0 Å². The van der Waals surface area contributed by atoms with Gasteiger partial charge in [-0.25, -0.2) is 0 Å². The van der Waals surface area contributed by atoms with Crippen molar-refractivity contribution in [2.45, 2.75) is 38.6 Å². The Labute approximate surface area is 248 Å². The summed E-state index contributed by atoms with van der Waals surface area (Å²) in [5, 5.41) is 2.69. The first-order valence-corrected chi connectivity index (χ1v) is 15.0. The number of nitrogens with two attached hydrogens (primary N) is 2. The molecule has 0 aromatic heterocycles. The molecule has 7 rings (SSSR count). The summed E-state index contributed by atoms with van der Waals surface area (Å²) in [6.07, 6.45) is 18.0. The van der Waals surface area contributed by atoms with Crippen LogP contribution in [0.1, 0.15) is 64.8 Å². The SMILES string of the molecule is C/C=C\c1cc(-c2ccc3c4c(c5c(c3c2)C=CCC5)CCC=C4)cc(-c2ccc(C(N)c3ccccc3)cc2)c1N. The van der Waals surface area contributed by atoms with Crippen molar-refractivity contribution < 1.29 is 0 Å². The van der Waals surface area contributed by atoms with Gasteiger partial charge in [-0.3, -0.25) is 0 Å². The zero-order valence-corrected chi connectivity index (χ0v) is 24.1. The molecule has 206 valence electrons. The van der Waals surface area contributed by atoms with E-state index in [-0.39, 0.29) is 6.04 Å². The van der Waals surface area contributed by atoms with Gasteiger partial charge in [-0.05, 0) is 117 Å². The van der Waals surface area contributed by atoms with Gasteiger partial charge in [-0.15, -0.1) is 0 Å². The van der Waals surface area contributed by atoms with E-state index in [4.69, 9.17) is 11.5 Å². The van der Waals surface area contributed by atoms with E-state index in [1.165, 1.54) is 33.0 Å². The molecule has 0 heterocycles. The number of allylic oxidation sites excluding steroid dienone is 3. The van der Waals surface area contributed by atoms with Crippen LogP contribution in [0.5, 0.6) is 0 Å². The number of hydrogen-bond donors (Lipinski definition) is 2. The summed E-state index contributed by atoms with van der Waals surface area (Å²) in [7, 11) is 0. The van der Waals surface area contributed by atoms with Gasteiger partial charge in [-0.1, -0.05) is 103 Å². The van der Waals surface area contributed by atoms with Crippen molar-refractivity contribution in [1.82, 2.24) is 0 Å². The van der Waals surface area contributed by atoms with Crippen molar-refractivity contribution in [1.29, 1.82) is 0 Å². The van der Waals surface area contributed by atoms with Crippen LogP contribution in [0.3, 0.4) is 0 Å². The summed E-state index contributed by atoms with van der Waals surface area (Å²) < 4.78 is 0. The zero-order valence-electron chi connectivity index (χ0n) is 24.1. The van der Waals surface area contributed by atoms with E-state index in [1.54, 1.807) is 11.1 Å². The van der Waals surface area contributed by atoms with Crippen LogP contribution in [0.15, 0.2) is 103 Å². The topological polar surface area (TPSA) is 52.0 Å². The van der Waals surface area contributed by atoms with Crippen molar-refractivity contribution in [3.05, 3.63) is 142 Å². The molecule has 2 heteroatoms. The van der Waals surface area contributed by atoms with Crippen molar-refractivity contribution in [2.24, 2.45) is 5.73 Å². The molecule has 5 aromatic carbocycles. The van der Waals surface area contributed by atoms with E-state index in [0.29, 0.717) is 0 Å². The molecule has 0 saturated heterocycles. The molecule has 0 radical (unpaired) electrons. The van der Waals surface area contributed by atoms with E-state index in [9.17, 15) is 0 Å². The summed E-state index contributed by atoms with van der Waals surface area (Å²) in [6.45, 7) is 2.04. The van der Waals surface area contributed by atoms with Gasteiger partial charge in [0.05, 0.1) is 6.04 Å². The Morgan fingerprint density at radius 3 is 2.00 bits per heavy atom. The maximum atomic E-state index is 6.80. The van der Waals surface area contributed by atoms with Crippen LogP contribution in [0.4, 0.5) is 5.69 Å². The Balaban J connectivity index is 1.34. The minimum Gasteiger partial charge on any atom is -0.398 e. The van der Waals surface area contributed by atoms with E-state index in [2.05, 4.69) is 103 Å². The maximum Gasteiger partial charge on any atom is 0.0551 e. The molecule has 4 N–H and O–H groups in total. The third kappa shape index (κ3) is 4.58. The van der Waals surface area contributed by atoms with Crippen LogP contribution >= 0.6 is 0 Å². The first-order chi connectivity index (χ1) is 20.6. The quantitative estimate of drug-likeness (QED) is 0.216. The minimum atomic E-state index is -0.166. The van der Waals surface area contributed by atoms with Crippen LogP contribution in [-0.2, 0) is 12.8 Å². The van der Waals surface area contributed by atoms with Crippen LogP contribution in [0.25, 0.3) is 51.3 Å². The lowest BCUT2D eigenvalue weighted by Gasteiger charge is -2.24. The lowest BCUT2D eigenvalue weighted by molar-refractivity contribution is 0.872. The third-order valence-electron chi connectivity index (χ3n) is 8.94. The van der Waals surface area contributed by atoms with Gasteiger partial charge in [0.1, 0.15) is 0 Å². The smallest absolute Gasteiger partial charge is 0.0551 e. The summed E-state index contributed by atoms with van der Waals surface area (Å²) in [4.78, 5) is 0. The average Bonchev–Trinajstić information content (AvgIpc) is 3.06. The number of benzene rings is 5. The fraction of sp³-hybridized carbons (Fsp3) is 0.150. The van der Waals surface area contributed by atoms with E-state index < -0.39 is 0 Å². The van der Waals surface area contributed by atoms with Crippen molar-refractivity contribution >= 4 is 34.7 Å². The van der Waals surface area contributed by atoms with Crippen LogP contribution in [0, 0.1) is 0 Å². The average molecular weight is 545 g/mol. The minimum absolute atomic E-state index is 0.166. The highest BCUT2D eigenvalue weighted by Gasteiger charge is 2.20. The highest BCUT2D eigenvalue weighted by molar-refractivity contribution is 6.02. The molecule has 2 aliphatic rings. The van der Waals surface area contributed by atoms with Crippen molar-refractivity contribution in [3.8, 4) is 22.3 Å². The van der Waals surface area contributed by atoms with Gasteiger partial charge in [-0.2, -0.15) is 0 Å². The second-order valence-electron chi connectivity index (χ2n) is 11.5. The molecule has 0 fully saturated rings. The summed E-state index contributed by atoms with van der Waals surface area (Å²) in [5.74, 6) is 0. The normalized spacial score (nSPS) is 14.7. The summed E-state index contributed by atoms with van der Waals surface area (Å²) in [5.41, 5.74) is 27.8. The highest BCUT2D eigenvalue weighted by Crippen LogP contribution is 2.41. The largest absolute Gasteiger partial charge is 0.398 e. The number of fused-ring (bicyclic) bond motifs is 6. The standard InChI is InChI=1S/C40H36N2/c1-2-10-30-23-31(25-37(40(30)42)26-17-19-28(20-18-26)39(41)27-11-4-3-5-12-27)29-21-22-36-34-15-7-6-13-32(34)33-14-8-9-16-35(33)38(36)24-29/h2-5,7,9-12,15-25,39H,6,8,13-14,41-42H2,1H3/b10-2-. The molecule has 0 spiro atoms. The molecule has 1 unspecified atom stereocenters. The monoisotopic (exact) mass is 544 g/mol. The Kier molecular flexibility index (Phi) is 6.85.